The van der Waals surface area contributed by atoms with Crippen LogP contribution in [0.25, 0.3) is 5.69 Å². The SMILES string of the molecule is CC(C)(C)OC(=O)N1CCC(c2c(C(=O)N3CC[C@H](c4ccccc4)C3)cnn2-c2ccc(Cl)cc2)CC1. The molecular weight excluding hydrogens is 500 g/mol. The second kappa shape index (κ2) is 10.8. The maximum atomic E-state index is 13.9. The van der Waals surface area contributed by atoms with Crippen LogP contribution < -0.4 is 0 Å². The zero-order valence-electron chi connectivity index (χ0n) is 22.3. The number of aromatic nitrogens is 2. The first-order valence-electron chi connectivity index (χ1n) is 13.4. The number of amides is 2. The van der Waals surface area contributed by atoms with Gasteiger partial charge in [0.05, 0.1) is 23.1 Å². The largest absolute Gasteiger partial charge is 0.444 e. The summed E-state index contributed by atoms with van der Waals surface area (Å²) in [7, 11) is 0. The molecule has 0 saturated carbocycles. The lowest BCUT2D eigenvalue weighted by molar-refractivity contribution is 0.0203. The normalized spacial score (nSPS) is 18.6. The third-order valence-corrected chi connectivity index (χ3v) is 7.64. The minimum Gasteiger partial charge on any atom is -0.444 e. The van der Waals surface area contributed by atoms with Crippen molar-refractivity contribution in [2.45, 2.75) is 57.5 Å². The van der Waals surface area contributed by atoms with Crippen molar-refractivity contribution in [2.75, 3.05) is 26.2 Å². The molecule has 0 N–H and O–H groups in total. The number of carbonyl (C=O) groups is 2. The van der Waals surface area contributed by atoms with Crippen LogP contribution in [0.3, 0.4) is 0 Å². The number of carbonyl (C=O) groups excluding carboxylic acids is 2. The molecule has 1 atom stereocenters. The zero-order chi connectivity index (χ0) is 26.9. The molecule has 8 heteroatoms. The Labute approximate surface area is 229 Å². The zero-order valence-corrected chi connectivity index (χ0v) is 23.0. The van der Waals surface area contributed by atoms with Crippen molar-refractivity contribution < 1.29 is 14.3 Å². The number of piperidine rings is 1. The minimum absolute atomic E-state index is 0.0215. The molecule has 38 heavy (non-hydrogen) atoms. The third-order valence-electron chi connectivity index (χ3n) is 7.39. The molecule has 3 aromatic rings. The third kappa shape index (κ3) is 5.73. The summed E-state index contributed by atoms with van der Waals surface area (Å²) < 4.78 is 7.46. The number of halogens is 1. The van der Waals surface area contributed by atoms with Gasteiger partial charge in [-0.15, -0.1) is 0 Å². The van der Waals surface area contributed by atoms with Crippen LogP contribution in [-0.2, 0) is 4.74 Å². The number of rotatable bonds is 4. The first kappa shape index (κ1) is 26.3. The molecule has 0 aliphatic carbocycles. The maximum Gasteiger partial charge on any atom is 0.410 e. The highest BCUT2D eigenvalue weighted by molar-refractivity contribution is 6.30. The molecule has 7 nitrogen and oxygen atoms in total. The lowest BCUT2D eigenvalue weighted by atomic mass is 9.90. The maximum absolute atomic E-state index is 13.9. The summed E-state index contributed by atoms with van der Waals surface area (Å²) in [6.45, 7) is 8.19. The van der Waals surface area contributed by atoms with Gasteiger partial charge >= 0.3 is 6.09 Å². The lowest BCUT2D eigenvalue weighted by Crippen LogP contribution is -2.41. The van der Waals surface area contributed by atoms with Gasteiger partial charge in [-0.3, -0.25) is 4.79 Å². The van der Waals surface area contributed by atoms with E-state index in [4.69, 9.17) is 16.3 Å². The van der Waals surface area contributed by atoms with E-state index in [1.54, 1.807) is 11.1 Å². The van der Waals surface area contributed by atoms with Gasteiger partial charge in [-0.1, -0.05) is 41.9 Å². The van der Waals surface area contributed by atoms with Crippen molar-refractivity contribution in [3.05, 3.63) is 82.6 Å². The summed E-state index contributed by atoms with van der Waals surface area (Å²) in [6.07, 6.45) is 3.83. The summed E-state index contributed by atoms with van der Waals surface area (Å²) in [6, 6.07) is 17.9. The molecule has 5 rings (SSSR count). The molecule has 0 bridgehead atoms. The molecule has 2 fully saturated rings. The molecule has 0 radical (unpaired) electrons. The second-order valence-corrected chi connectivity index (χ2v) is 11.7. The van der Waals surface area contributed by atoms with E-state index in [1.165, 1.54) is 5.56 Å². The van der Waals surface area contributed by atoms with Gasteiger partial charge in [-0.2, -0.15) is 5.10 Å². The molecular formula is C30H35ClN4O3. The second-order valence-electron chi connectivity index (χ2n) is 11.2. The smallest absolute Gasteiger partial charge is 0.410 e. The standard InChI is InChI=1S/C30H35ClN4O3/c1-30(2,3)38-29(37)33-16-13-22(14-17-33)27-26(19-32-35(27)25-11-9-24(31)10-12-25)28(36)34-18-15-23(20-34)21-7-5-4-6-8-21/h4-12,19,22-23H,13-18,20H2,1-3H3/t23-/m0/s1. The molecule has 3 heterocycles. The minimum atomic E-state index is -0.534. The lowest BCUT2D eigenvalue weighted by Gasteiger charge is -2.34. The first-order valence-corrected chi connectivity index (χ1v) is 13.7. The van der Waals surface area contributed by atoms with Gasteiger partial charge in [0.1, 0.15) is 5.60 Å². The molecule has 2 aliphatic heterocycles. The van der Waals surface area contributed by atoms with E-state index in [1.807, 2.05) is 60.7 Å². The summed E-state index contributed by atoms with van der Waals surface area (Å²) >= 11 is 6.15. The van der Waals surface area contributed by atoms with Gasteiger partial charge < -0.3 is 14.5 Å². The monoisotopic (exact) mass is 534 g/mol. The van der Waals surface area contributed by atoms with Crippen LogP contribution in [0.5, 0.6) is 0 Å². The quantitative estimate of drug-likeness (QED) is 0.395. The van der Waals surface area contributed by atoms with E-state index in [-0.39, 0.29) is 17.9 Å². The van der Waals surface area contributed by atoms with Gasteiger partial charge in [0.25, 0.3) is 5.91 Å². The van der Waals surface area contributed by atoms with E-state index < -0.39 is 5.60 Å². The topological polar surface area (TPSA) is 67.7 Å². The molecule has 0 spiro atoms. The summed E-state index contributed by atoms with van der Waals surface area (Å²) in [4.78, 5) is 30.2. The summed E-state index contributed by atoms with van der Waals surface area (Å²) in [5, 5.41) is 5.33. The van der Waals surface area contributed by atoms with Gasteiger partial charge in [0.15, 0.2) is 0 Å². The Bertz CT molecular complexity index is 1280. The Kier molecular flexibility index (Phi) is 7.48. The fourth-order valence-electron chi connectivity index (χ4n) is 5.48. The number of hydrogen-bond donors (Lipinski definition) is 0. The van der Waals surface area contributed by atoms with Gasteiger partial charge in [-0.25, -0.2) is 9.48 Å². The van der Waals surface area contributed by atoms with Gasteiger partial charge in [0.2, 0.25) is 0 Å². The molecule has 2 aromatic carbocycles. The van der Waals surface area contributed by atoms with Crippen LogP contribution in [-0.4, -0.2) is 63.4 Å². The Morgan fingerprint density at radius 3 is 2.18 bits per heavy atom. The van der Waals surface area contributed by atoms with Crippen molar-refractivity contribution >= 4 is 23.6 Å². The van der Waals surface area contributed by atoms with Gasteiger partial charge in [0, 0.05) is 43.0 Å². The molecule has 2 amide bonds. The number of ether oxygens (including phenoxy) is 1. The van der Waals surface area contributed by atoms with Crippen LogP contribution in [0.1, 0.15) is 73.5 Å². The molecule has 1 aromatic heterocycles. The number of benzene rings is 2. The number of likely N-dealkylation sites (tertiary alicyclic amines) is 2. The summed E-state index contributed by atoms with van der Waals surface area (Å²) in [5.74, 6) is 0.443. The van der Waals surface area contributed by atoms with Crippen molar-refractivity contribution in [3.63, 3.8) is 0 Å². The summed E-state index contributed by atoms with van der Waals surface area (Å²) in [5.41, 5.74) is 3.15. The van der Waals surface area contributed by atoms with E-state index in [9.17, 15) is 9.59 Å². The fourth-order valence-corrected chi connectivity index (χ4v) is 5.60. The molecule has 0 unspecified atom stereocenters. The average Bonchev–Trinajstić information content (AvgIpc) is 3.57. The van der Waals surface area contributed by atoms with E-state index in [0.29, 0.717) is 36.1 Å². The van der Waals surface area contributed by atoms with Gasteiger partial charge in [-0.05, 0) is 69.9 Å². The Morgan fingerprint density at radius 1 is 0.895 bits per heavy atom. The van der Waals surface area contributed by atoms with E-state index >= 15 is 0 Å². The van der Waals surface area contributed by atoms with Crippen LogP contribution in [0.15, 0.2) is 60.8 Å². The predicted octanol–water partition coefficient (Wildman–Crippen LogP) is 6.27. The Hall–Kier alpha value is -3.32. The molecule has 2 aliphatic rings. The highest BCUT2D eigenvalue weighted by atomic mass is 35.5. The average molecular weight is 535 g/mol. The van der Waals surface area contributed by atoms with Crippen LogP contribution in [0.2, 0.25) is 5.02 Å². The Morgan fingerprint density at radius 2 is 1.53 bits per heavy atom. The highest BCUT2D eigenvalue weighted by Crippen LogP contribution is 2.35. The van der Waals surface area contributed by atoms with Crippen molar-refractivity contribution in [1.29, 1.82) is 0 Å². The highest BCUT2D eigenvalue weighted by Gasteiger charge is 2.35. The van der Waals surface area contributed by atoms with E-state index in [2.05, 4.69) is 29.4 Å². The van der Waals surface area contributed by atoms with Crippen molar-refractivity contribution in [1.82, 2.24) is 19.6 Å². The number of nitrogens with zero attached hydrogens (tertiary/aromatic N) is 4. The Balaban J connectivity index is 1.39. The van der Waals surface area contributed by atoms with E-state index in [0.717, 1.165) is 37.2 Å². The van der Waals surface area contributed by atoms with Crippen LogP contribution in [0, 0.1) is 0 Å². The number of hydrogen-bond acceptors (Lipinski definition) is 4. The molecule has 2 saturated heterocycles. The molecule has 200 valence electrons. The van der Waals surface area contributed by atoms with Crippen molar-refractivity contribution in [2.24, 2.45) is 0 Å². The van der Waals surface area contributed by atoms with Crippen LogP contribution in [0.4, 0.5) is 4.79 Å². The van der Waals surface area contributed by atoms with Crippen LogP contribution >= 0.6 is 11.6 Å². The fraction of sp³-hybridized carbons (Fsp3) is 0.433. The first-order chi connectivity index (χ1) is 18.2. The van der Waals surface area contributed by atoms with Crippen molar-refractivity contribution in [3.8, 4) is 5.69 Å². The predicted molar refractivity (Wildman–Crippen MR) is 148 cm³/mol.